The summed E-state index contributed by atoms with van der Waals surface area (Å²) in [6.07, 6.45) is 0. The highest BCUT2D eigenvalue weighted by Crippen LogP contribution is 2.39. The van der Waals surface area contributed by atoms with Gasteiger partial charge in [-0.1, -0.05) is 11.1 Å². The number of nitrogens with zero attached hydrogens (tertiary/aromatic N) is 2. The van der Waals surface area contributed by atoms with Crippen LogP contribution in [0.4, 0.5) is 11.4 Å². The third-order valence-electron chi connectivity index (χ3n) is 2.52. The molecule has 3 N–H and O–H groups in total. The van der Waals surface area contributed by atoms with Crippen LogP contribution < -0.4 is 5.73 Å². The lowest BCUT2D eigenvalue weighted by molar-refractivity contribution is -0.447. The molecule has 2 aromatic rings. The lowest BCUT2D eigenvalue weighted by atomic mass is 10.1. The maximum absolute atomic E-state index is 10.1. The van der Waals surface area contributed by atoms with E-state index >= 15 is 0 Å². The molecular formula is C12H13N3O4S. The number of rotatable bonds is 5. The number of azo groups is 1. The number of nitrogens with two attached hydrogens (primary N) is 1. The molecular weight excluding hydrogens is 282 g/mol. The fourth-order valence-corrected chi connectivity index (χ4v) is 2.25. The molecule has 8 heteroatoms. The molecule has 0 heterocycles. The van der Waals surface area contributed by atoms with Crippen LogP contribution in [-0.4, -0.2) is 19.3 Å². The Balaban J connectivity index is 2.44. The molecule has 0 radical (unpaired) electrons. The van der Waals surface area contributed by atoms with Crippen molar-refractivity contribution in [2.75, 3.05) is 19.9 Å². The smallest absolute Gasteiger partial charge is 0.126 e. The Bertz CT molecular complexity index is 648. The number of anilines is 1. The van der Waals surface area contributed by atoms with Crippen molar-refractivity contribution >= 4 is 34.2 Å². The molecule has 0 amide bonds. The van der Waals surface area contributed by atoms with Crippen LogP contribution in [0.1, 0.15) is 0 Å². The Hall–Kier alpha value is -1.87. The quantitative estimate of drug-likeness (QED) is 0.219. The minimum Gasteiger partial charge on any atom is -0.507 e. The summed E-state index contributed by atoms with van der Waals surface area (Å²) in [7, 11) is 2.87. The first kappa shape index (κ1) is 14.5. The van der Waals surface area contributed by atoms with E-state index in [1.807, 2.05) is 0 Å². The highest BCUT2D eigenvalue weighted by Gasteiger charge is 2.11. The van der Waals surface area contributed by atoms with Crippen LogP contribution in [0.5, 0.6) is 5.75 Å². The summed E-state index contributed by atoms with van der Waals surface area (Å²) in [6.45, 7) is 0. The summed E-state index contributed by atoms with van der Waals surface area (Å²) in [5, 5.41) is 23.2. The number of hydrogen-bond acceptors (Lipinski definition) is 8. The molecule has 0 unspecified atom stereocenters. The summed E-state index contributed by atoms with van der Waals surface area (Å²) >= 11 is 0.904. The van der Waals surface area contributed by atoms with Gasteiger partial charge in [0, 0.05) is 17.3 Å². The summed E-state index contributed by atoms with van der Waals surface area (Å²) in [5.74, 6) is 0.0247. The number of phenols is 1. The first-order valence-electron chi connectivity index (χ1n) is 5.56. The van der Waals surface area contributed by atoms with E-state index < -0.39 is 0 Å². The Morgan fingerprint density at radius 2 is 2.10 bits per heavy atom. The summed E-state index contributed by atoms with van der Waals surface area (Å²) in [6, 6.07) is 6.82. The van der Waals surface area contributed by atoms with E-state index in [2.05, 4.69) is 24.5 Å². The third kappa shape index (κ3) is 2.99. The SMILES string of the molecule is CN=Nc1ccc2cc(SOOOC)cc(O)c2c1N. The molecule has 20 heavy (non-hydrogen) atoms. The van der Waals surface area contributed by atoms with E-state index in [1.165, 1.54) is 13.2 Å². The zero-order valence-corrected chi connectivity index (χ0v) is 11.7. The largest absolute Gasteiger partial charge is 0.507 e. The van der Waals surface area contributed by atoms with Crippen LogP contribution in [0.25, 0.3) is 10.8 Å². The highest BCUT2D eigenvalue weighted by molar-refractivity contribution is 7.94. The van der Waals surface area contributed by atoms with E-state index in [9.17, 15) is 5.11 Å². The third-order valence-corrected chi connectivity index (χ3v) is 3.07. The second-order valence-electron chi connectivity index (χ2n) is 3.72. The van der Waals surface area contributed by atoms with E-state index in [0.29, 0.717) is 21.7 Å². The fourth-order valence-electron chi connectivity index (χ4n) is 1.76. The van der Waals surface area contributed by atoms with Crippen molar-refractivity contribution in [2.24, 2.45) is 10.2 Å². The zero-order chi connectivity index (χ0) is 14.5. The van der Waals surface area contributed by atoms with Crippen LogP contribution in [0, 0.1) is 0 Å². The zero-order valence-electron chi connectivity index (χ0n) is 10.9. The number of nitrogen functional groups attached to an aromatic ring is 1. The molecule has 7 nitrogen and oxygen atoms in total. The van der Waals surface area contributed by atoms with Gasteiger partial charge in [-0.25, -0.2) is 4.89 Å². The highest BCUT2D eigenvalue weighted by atomic mass is 32.2. The topological polar surface area (TPSA) is 98.7 Å². The fraction of sp³-hybridized carbons (Fsp3) is 0.167. The Kier molecular flexibility index (Phi) is 4.74. The average molecular weight is 295 g/mol. The van der Waals surface area contributed by atoms with Crippen molar-refractivity contribution in [2.45, 2.75) is 4.90 Å². The first-order valence-corrected chi connectivity index (χ1v) is 6.30. The number of aromatic hydroxyl groups is 1. The molecule has 0 saturated heterocycles. The van der Waals surface area contributed by atoms with Crippen molar-refractivity contribution in [1.29, 1.82) is 0 Å². The molecule has 0 aliphatic rings. The van der Waals surface area contributed by atoms with Crippen molar-refractivity contribution in [3.05, 3.63) is 24.3 Å². The lowest BCUT2D eigenvalue weighted by Crippen LogP contribution is -1.90. The normalized spacial score (nSPS) is 11.5. The number of benzene rings is 2. The molecule has 2 aromatic carbocycles. The predicted molar refractivity (Wildman–Crippen MR) is 75.5 cm³/mol. The van der Waals surface area contributed by atoms with Gasteiger partial charge in [0.25, 0.3) is 0 Å². The van der Waals surface area contributed by atoms with Crippen molar-refractivity contribution in [1.82, 2.24) is 0 Å². The summed E-state index contributed by atoms with van der Waals surface area (Å²) < 4.78 is 4.68. The first-order chi connectivity index (χ1) is 9.67. The van der Waals surface area contributed by atoms with Gasteiger partial charge in [0.15, 0.2) is 0 Å². The van der Waals surface area contributed by atoms with E-state index in [-0.39, 0.29) is 5.75 Å². The number of hydrogen-bond donors (Lipinski definition) is 2. The second-order valence-corrected chi connectivity index (χ2v) is 4.50. The standard InChI is InChI=1S/C12H13N3O4S/c1-14-15-9-4-3-7-5-8(20-19-18-17-2)6-10(16)11(7)12(9)13/h3-6,16H,13H2,1-2H3. The minimum absolute atomic E-state index is 0.0247. The molecule has 0 aromatic heterocycles. The van der Waals surface area contributed by atoms with Crippen LogP contribution in [0.15, 0.2) is 39.4 Å². The van der Waals surface area contributed by atoms with Gasteiger partial charge < -0.3 is 10.8 Å². The van der Waals surface area contributed by atoms with Crippen LogP contribution in [0.2, 0.25) is 0 Å². The molecule has 2 rings (SSSR count). The molecule has 0 saturated carbocycles. The molecule has 0 spiro atoms. The van der Waals surface area contributed by atoms with Gasteiger partial charge in [-0.2, -0.15) is 10.2 Å². The van der Waals surface area contributed by atoms with Crippen molar-refractivity contribution < 1.29 is 19.4 Å². The van der Waals surface area contributed by atoms with Gasteiger partial charge in [0.05, 0.1) is 24.8 Å². The van der Waals surface area contributed by atoms with Crippen LogP contribution >= 0.6 is 12.0 Å². The number of fused-ring (bicyclic) bond motifs is 1. The Labute approximate surface area is 119 Å². The van der Waals surface area contributed by atoms with E-state index in [4.69, 9.17) is 5.73 Å². The number of phenolic OH excluding ortho intramolecular Hbond substituents is 1. The van der Waals surface area contributed by atoms with Gasteiger partial charge in [-0.05, 0) is 23.6 Å². The molecule has 0 fully saturated rings. The summed E-state index contributed by atoms with van der Waals surface area (Å²) in [5.41, 5.74) is 6.86. The van der Waals surface area contributed by atoms with Crippen LogP contribution in [0.3, 0.4) is 0 Å². The average Bonchev–Trinajstić information content (AvgIpc) is 2.42. The molecule has 0 aliphatic heterocycles. The van der Waals surface area contributed by atoms with Crippen molar-refractivity contribution in [3.8, 4) is 5.75 Å². The van der Waals surface area contributed by atoms with E-state index in [1.54, 1.807) is 25.2 Å². The van der Waals surface area contributed by atoms with Gasteiger partial charge in [0.2, 0.25) is 0 Å². The Morgan fingerprint density at radius 3 is 2.80 bits per heavy atom. The van der Waals surface area contributed by atoms with Gasteiger partial charge in [-0.3, -0.25) is 0 Å². The van der Waals surface area contributed by atoms with Crippen LogP contribution in [-0.2, 0) is 14.3 Å². The molecule has 106 valence electrons. The Morgan fingerprint density at radius 1 is 1.30 bits per heavy atom. The molecule has 0 bridgehead atoms. The lowest BCUT2D eigenvalue weighted by Gasteiger charge is -2.08. The van der Waals surface area contributed by atoms with Crippen molar-refractivity contribution in [3.63, 3.8) is 0 Å². The van der Waals surface area contributed by atoms with Gasteiger partial charge in [-0.15, -0.1) is 4.33 Å². The molecule has 0 aliphatic carbocycles. The minimum atomic E-state index is 0.0247. The maximum Gasteiger partial charge on any atom is 0.126 e. The predicted octanol–water partition coefficient (Wildman–Crippen LogP) is 3.36. The maximum atomic E-state index is 10.1. The monoisotopic (exact) mass is 295 g/mol. The second kappa shape index (κ2) is 6.53. The van der Waals surface area contributed by atoms with Gasteiger partial charge in [0.1, 0.15) is 11.4 Å². The van der Waals surface area contributed by atoms with Gasteiger partial charge >= 0.3 is 0 Å². The molecule has 0 atom stereocenters. The van der Waals surface area contributed by atoms with E-state index in [0.717, 1.165) is 17.4 Å². The summed E-state index contributed by atoms with van der Waals surface area (Å²) in [4.78, 5) is 4.93.